The number of hydrogen-bond acceptors (Lipinski definition) is 3. The molecule has 26 heavy (non-hydrogen) atoms. The quantitative estimate of drug-likeness (QED) is 0.852. The van der Waals surface area contributed by atoms with Gasteiger partial charge in [0.15, 0.2) is 0 Å². The van der Waals surface area contributed by atoms with Gasteiger partial charge in [-0.05, 0) is 17.2 Å². The van der Waals surface area contributed by atoms with Crippen LogP contribution in [0.4, 0.5) is 13.2 Å². The van der Waals surface area contributed by atoms with Gasteiger partial charge in [0.25, 0.3) is 0 Å². The fraction of sp³-hybridized carbons (Fsp3) is 0.316. The molecular weight excluding hydrogens is 347 g/mol. The number of para-hydroxylation sites is 1. The molecule has 1 atom stereocenters. The molecule has 1 heterocycles. The van der Waals surface area contributed by atoms with Crippen molar-refractivity contribution in [2.24, 2.45) is 0 Å². The number of fused-ring (bicyclic) bond motifs is 1. The monoisotopic (exact) mass is 365 g/mol. The molecule has 7 heteroatoms. The van der Waals surface area contributed by atoms with E-state index < -0.39 is 12.8 Å². The fourth-order valence-corrected chi connectivity index (χ4v) is 2.81. The average molecular weight is 365 g/mol. The molecule has 1 aliphatic heterocycles. The first-order valence-corrected chi connectivity index (χ1v) is 8.14. The lowest BCUT2D eigenvalue weighted by atomic mass is 10.0. The Balaban J connectivity index is 1.53. The molecule has 0 fully saturated rings. The fourth-order valence-electron chi connectivity index (χ4n) is 2.81. The first-order valence-electron chi connectivity index (χ1n) is 8.14. The normalized spacial score (nSPS) is 16.0. The van der Waals surface area contributed by atoms with Gasteiger partial charge in [-0.2, -0.15) is 13.2 Å². The van der Waals surface area contributed by atoms with Crippen molar-refractivity contribution in [1.82, 2.24) is 5.32 Å². The van der Waals surface area contributed by atoms with E-state index in [0.717, 1.165) is 16.9 Å². The van der Waals surface area contributed by atoms with Gasteiger partial charge in [0, 0.05) is 12.1 Å². The third kappa shape index (κ3) is 4.76. The molecule has 2 aromatic carbocycles. The molecule has 0 spiro atoms. The van der Waals surface area contributed by atoms with E-state index in [2.05, 4.69) is 10.1 Å². The summed E-state index contributed by atoms with van der Waals surface area (Å²) in [4.78, 5) is 12.4. The molecule has 1 amide bonds. The van der Waals surface area contributed by atoms with E-state index in [9.17, 15) is 18.0 Å². The summed E-state index contributed by atoms with van der Waals surface area (Å²) in [7, 11) is 0. The van der Waals surface area contributed by atoms with Crippen molar-refractivity contribution >= 4 is 5.91 Å². The van der Waals surface area contributed by atoms with E-state index in [0.29, 0.717) is 12.2 Å². The lowest BCUT2D eigenvalue weighted by Gasteiger charge is -2.12. The Kier molecular flexibility index (Phi) is 5.46. The van der Waals surface area contributed by atoms with E-state index in [4.69, 9.17) is 4.74 Å². The Hall–Kier alpha value is -2.54. The molecule has 3 rings (SSSR count). The van der Waals surface area contributed by atoms with Gasteiger partial charge in [-0.15, -0.1) is 0 Å². The van der Waals surface area contributed by atoms with Gasteiger partial charge < -0.3 is 14.8 Å². The second kappa shape index (κ2) is 7.78. The molecule has 0 aliphatic carbocycles. The molecule has 0 saturated heterocycles. The number of carbonyl (C=O) groups is 1. The minimum absolute atomic E-state index is 0.134. The molecule has 2 aromatic rings. The molecule has 138 valence electrons. The van der Waals surface area contributed by atoms with Gasteiger partial charge in [0.1, 0.15) is 24.9 Å². The highest BCUT2D eigenvalue weighted by Gasteiger charge is 2.30. The van der Waals surface area contributed by atoms with Crippen molar-refractivity contribution in [3.05, 3.63) is 65.2 Å². The largest absolute Gasteiger partial charge is 0.492 e. The van der Waals surface area contributed by atoms with Crippen LogP contribution in [-0.4, -0.2) is 25.3 Å². The van der Waals surface area contributed by atoms with Crippen LogP contribution in [0.1, 0.15) is 22.6 Å². The average Bonchev–Trinajstić information content (AvgIpc) is 3.03. The summed E-state index contributed by atoms with van der Waals surface area (Å²) >= 11 is 0. The molecule has 1 N–H and O–H groups in total. The van der Waals surface area contributed by atoms with Gasteiger partial charge >= 0.3 is 6.18 Å². The topological polar surface area (TPSA) is 47.6 Å². The predicted molar refractivity (Wildman–Crippen MR) is 88.7 cm³/mol. The maximum absolute atomic E-state index is 12.4. The maximum atomic E-state index is 12.4. The van der Waals surface area contributed by atoms with E-state index in [1.165, 1.54) is 0 Å². The highest BCUT2D eigenvalue weighted by atomic mass is 19.4. The Morgan fingerprint density at radius 3 is 2.73 bits per heavy atom. The van der Waals surface area contributed by atoms with Gasteiger partial charge in [-0.3, -0.25) is 4.79 Å². The Bertz CT molecular complexity index is 777. The number of amides is 1. The van der Waals surface area contributed by atoms with Crippen molar-refractivity contribution in [1.29, 1.82) is 0 Å². The Labute approximate surface area is 148 Å². The van der Waals surface area contributed by atoms with Crippen molar-refractivity contribution in [2.45, 2.75) is 25.2 Å². The van der Waals surface area contributed by atoms with Crippen molar-refractivity contribution in [3.63, 3.8) is 0 Å². The number of ether oxygens (including phenoxy) is 2. The zero-order chi connectivity index (χ0) is 18.6. The van der Waals surface area contributed by atoms with E-state index in [1.54, 1.807) is 24.3 Å². The van der Waals surface area contributed by atoms with Crippen LogP contribution >= 0.6 is 0 Å². The van der Waals surface area contributed by atoms with Crippen LogP contribution in [0.2, 0.25) is 0 Å². The summed E-state index contributed by atoms with van der Waals surface area (Å²) in [5, 5.41) is 2.85. The lowest BCUT2D eigenvalue weighted by Crippen LogP contribution is -2.29. The van der Waals surface area contributed by atoms with Crippen LogP contribution in [0.25, 0.3) is 0 Å². The minimum atomic E-state index is -4.34. The lowest BCUT2D eigenvalue weighted by molar-refractivity contribution is -0.176. The standard InChI is InChI=1S/C19H18F3NO3/c20-19(21,22)12-25-10-14-5-3-4-13(8-14)9-23-18(24)16-11-26-17-7-2-1-6-15(16)17/h1-8,16H,9-12H2,(H,23,24)/t16-/m0/s1. The summed E-state index contributed by atoms with van der Waals surface area (Å²) < 4.78 is 46.5. The van der Waals surface area contributed by atoms with Gasteiger partial charge in [-0.1, -0.05) is 42.5 Å². The van der Waals surface area contributed by atoms with E-state index in [1.807, 2.05) is 24.3 Å². The Morgan fingerprint density at radius 1 is 1.15 bits per heavy atom. The number of alkyl halides is 3. The molecular formula is C19H18F3NO3. The molecule has 0 radical (unpaired) electrons. The van der Waals surface area contributed by atoms with Crippen LogP contribution in [0.3, 0.4) is 0 Å². The van der Waals surface area contributed by atoms with Gasteiger partial charge in [-0.25, -0.2) is 0 Å². The highest BCUT2D eigenvalue weighted by molar-refractivity contribution is 5.85. The van der Waals surface area contributed by atoms with Crippen LogP contribution in [0.15, 0.2) is 48.5 Å². The number of hydrogen-bond donors (Lipinski definition) is 1. The molecule has 4 nitrogen and oxygen atoms in total. The Morgan fingerprint density at radius 2 is 1.92 bits per heavy atom. The molecule has 0 unspecified atom stereocenters. The number of carbonyl (C=O) groups excluding carboxylic acids is 1. The van der Waals surface area contributed by atoms with Crippen LogP contribution in [0, 0.1) is 0 Å². The smallest absolute Gasteiger partial charge is 0.411 e. The second-order valence-corrected chi connectivity index (χ2v) is 6.05. The number of nitrogens with one attached hydrogen (secondary N) is 1. The van der Waals surface area contributed by atoms with Crippen molar-refractivity contribution < 1.29 is 27.4 Å². The van der Waals surface area contributed by atoms with Crippen molar-refractivity contribution in [3.8, 4) is 5.75 Å². The zero-order valence-electron chi connectivity index (χ0n) is 13.9. The summed E-state index contributed by atoms with van der Waals surface area (Å²) in [5.41, 5.74) is 2.27. The molecule has 0 aromatic heterocycles. The van der Waals surface area contributed by atoms with E-state index in [-0.39, 0.29) is 25.0 Å². The van der Waals surface area contributed by atoms with Crippen LogP contribution in [-0.2, 0) is 22.7 Å². The van der Waals surface area contributed by atoms with Crippen LogP contribution < -0.4 is 10.1 Å². The number of benzene rings is 2. The first-order chi connectivity index (χ1) is 12.4. The number of rotatable bonds is 6. The van der Waals surface area contributed by atoms with Gasteiger partial charge in [0.2, 0.25) is 5.91 Å². The maximum Gasteiger partial charge on any atom is 0.411 e. The third-order valence-electron chi connectivity index (χ3n) is 4.01. The predicted octanol–water partition coefficient (Wildman–Crippen LogP) is 3.56. The third-order valence-corrected chi connectivity index (χ3v) is 4.01. The molecule has 1 aliphatic rings. The number of halogens is 3. The highest BCUT2D eigenvalue weighted by Crippen LogP contribution is 2.33. The zero-order valence-corrected chi connectivity index (χ0v) is 13.9. The summed E-state index contributed by atoms with van der Waals surface area (Å²) in [5.74, 6) is 0.217. The SMILES string of the molecule is O=C(NCc1cccc(COCC(F)(F)F)c1)[C@H]1COc2ccccc21. The van der Waals surface area contributed by atoms with E-state index >= 15 is 0 Å². The van der Waals surface area contributed by atoms with Crippen molar-refractivity contribution in [2.75, 3.05) is 13.2 Å². The van der Waals surface area contributed by atoms with Crippen LogP contribution in [0.5, 0.6) is 5.75 Å². The second-order valence-electron chi connectivity index (χ2n) is 6.05. The summed E-state index contributed by atoms with van der Waals surface area (Å²) in [6.45, 7) is -0.832. The summed E-state index contributed by atoms with van der Waals surface area (Å²) in [6, 6.07) is 14.3. The first kappa shape index (κ1) is 18.3. The molecule has 0 bridgehead atoms. The van der Waals surface area contributed by atoms with Gasteiger partial charge in [0.05, 0.1) is 6.61 Å². The minimum Gasteiger partial charge on any atom is -0.492 e. The molecule has 0 saturated carbocycles. The summed E-state index contributed by atoms with van der Waals surface area (Å²) in [6.07, 6.45) is -4.34.